The molecule has 0 fully saturated rings. The molecule has 0 aromatic heterocycles. The van der Waals surface area contributed by atoms with Gasteiger partial charge in [0.2, 0.25) is 10.0 Å². The molecule has 5 nitrogen and oxygen atoms in total. The predicted octanol–water partition coefficient (Wildman–Crippen LogP) is 1.96. The van der Waals surface area contributed by atoms with Crippen molar-refractivity contribution in [1.82, 2.24) is 0 Å². The van der Waals surface area contributed by atoms with Gasteiger partial charge in [-0.25, -0.2) is 8.42 Å². The van der Waals surface area contributed by atoms with Gasteiger partial charge >= 0.3 is 0 Å². The zero-order valence-electron chi connectivity index (χ0n) is 10.3. The maximum absolute atomic E-state index is 11.4. The topological polar surface area (TPSA) is 64.6 Å². The number of alkyl halides is 1. The maximum Gasteiger partial charge on any atom is 0.246 e. The second-order valence-corrected chi connectivity index (χ2v) is 5.97. The molecule has 1 aromatic rings. The van der Waals surface area contributed by atoms with Crippen LogP contribution >= 0.6 is 11.6 Å². The summed E-state index contributed by atoms with van der Waals surface area (Å²) in [5.41, 5.74) is 1.34. The van der Waals surface area contributed by atoms with E-state index in [-0.39, 0.29) is 0 Å². The fourth-order valence-electron chi connectivity index (χ4n) is 1.26. The highest BCUT2D eigenvalue weighted by molar-refractivity contribution is 7.93. The monoisotopic (exact) mass is 293 g/mol. The summed E-state index contributed by atoms with van der Waals surface area (Å²) in [6.45, 7) is 2.66. The molecule has 18 heavy (non-hydrogen) atoms. The van der Waals surface area contributed by atoms with Crippen LogP contribution in [0.3, 0.4) is 0 Å². The number of sulfonamides is 1. The zero-order valence-corrected chi connectivity index (χ0v) is 11.8. The quantitative estimate of drug-likeness (QED) is 0.616. The van der Waals surface area contributed by atoms with Crippen LogP contribution in [0.25, 0.3) is 0 Å². The average molecular weight is 294 g/mol. The van der Waals surface area contributed by atoms with Crippen LogP contribution in [0.1, 0.15) is 5.56 Å². The van der Waals surface area contributed by atoms with E-state index in [9.17, 15) is 8.42 Å². The van der Waals surface area contributed by atoms with E-state index in [1.54, 1.807) is 25.3 Å². The van der Waals surface area contributed by atoms with Gasteiger partial charge in [-0.05, 0) is 24.6 Å². The number of halogens is 1. The summed E-state index contributed by atoms with van der Waals surface area (Å²) >= 11 is 5.34. The van der Waals surface area contributed by atoms with E-state index in [0.29, 0.717) is 24.7 Å². The third kappa shape index (κ3) is 4.72. The highest BCUT2D eigenvalue weighted by Gasteiger charge is 2.12. The Morgan fingerprint density at radius 1 is 1.33 bits per heavy atom. The highest BCUT2D eigenvalue weighted by atomic mass is 35.5. The van der Waals surface area contributed by atoms with Crippen molar-refractivity contribution in [2.45, 2.75) is 6.92 Å². The van der Waals surface area contributed by atoms with Crippen molar-refractivity contribution in [3.05, 3.63) is 23.8 Å². The van der Waals surface area contributed by atoms with Gasteiger partial charge in [0.05, 0.1) is 12.3 Å². The largest absolute Gasteiger partial charge is 0.489 e. The first-order valence-electron chi connectivity index (χ1n) is 5.27. The molecule has 1 N–H and O–H groups in total. The van der Waals surface area contributed by atoms with Crippen molar-refractivity contribution in [2.24, 2.45) is 0 Å². The number of methoxy groups -OCH3 is 1. The van der Waals surface area contributed by atoms with E-state index in [1.165, 1.54) is 0 Å². The second-order valence-electron chi connectivity index (χ2n) is 3.67. The summed E-state index contributed by atoms with van der Waals surface area (Å²) < 4.78 is 35.5. The molecule has 102 valence electrons. The minimum atomic E-state index is -3.53. The second kappa shape index (κ2) is 6.82. The Hall–Kier alpha value is -0.980. The van der Waals surface area contributed by atoms with Gasteiger partial charge in [-0.2, -0.15) is 0 Å². The molecule has 0 heterocycles. The predicted molar refractivity (Wildman–Crippen MR) is 71.8 cm³/mol. The molecule has 0 unspecified atom stereocenters. The lowest BCUT2D eigenvalue weighted by atomic mass is 10.2. The lowest BCUT2D eigenvalue weighted by molar-refractivity contribution is 0.146. The Bertz CT molecular complexity index is 490. The van der Waals surface area contributed by atoms with Crippen molar-refractivity contribution < 1.29 is 17.9 Å². The van der Waals surface area contributed by atoms with Gasteiger partial charge in [-0.3, -0.25) is 4.72 Å². The summed E-state index contributed by atoms with van der Waals surface area (Å²) in [6, 6.07) is 5.18. The molecule has 0 aliphatic rings. The Labute approximate surface area is 112 Å². The molecular formula is C11H16ClNO4S. The third-order valence-electron chi connectivity index (χ3n) is 2.09. The van der Waals surface area contributed by atoms with Crippen molar-refractivity contribution in [3.8, 4) is 5.75 Å². The summed E-state index contributed by atoms with van der Waals surface area (Å²) in [5.74, 6) is 0.459. The molecule has 1 aromatic carbocycles. The smallest absolute Gasteiger partial charge is 0.246 e. The minimum absolute atomic E-state index is 0.343. The summed E-state index contributed by atoms with van der Waals surface area (Å²) in [6.07, 6.45) is 0. The SMILES string of the molecule is COCCOc1cc(C)ccc1NS(=O)(=O)CCl. The molecular weight excluding hydrogens is 278 g/mol. The van der Waals surface area contributed by atoms with Crippen LogP contribution in [-0.4, -0.2) is 34.0 Å². The van der Waals surface area contributed by atoms with Crippen LogP contribution in [0.4, 0.5) is 5.69 Å². The standard InChI is InChI=1S/C11H16ClNO4S/c1-9-3-4-10(13-18(14,15)8-12)11(7-9)17-6-5-16-2/h3-4,7,13H,5-6,8H2,1-2H3. The molecule has 0 bridgehead atoms. The molecule has 0 radical (unpaired) electrons. The summed E-state index contributed by atoms with van der Waals surface area (Å²) in [4.78, 5) is 0. The highest BCUT2D eigenvalue weighted by Crippen LogP contribution is 2.26. The first kappa shape index (κ1) is 15.1. The number of benzene rings is 1. The number of anilines is 1. The molecule has 0 saturated heterocycles. The Balaban J connectivity index is 2.89. The molecule has 7 heteroatoms. The third-order valence-corrected chi connectivity index (χ3v) is 3.77. The molecule has 1 rings (SSSR count). The van der Waals surface area contributed by atoms with Gasteiger partial charge in [-0.15, -0.1) is 11.6 Å². The first-order valence-corrected chi connectivity index (χ1v) is 7.46. The van der Waals surface area contributed by atoms with Gasteiger partial charge in [0.15, 0.2) is 0 Å². The van der Waals surface area contributed by atoms with Gasteiger partial charge in [0.1, 0.15) is 17.6 Å². The van der Waals surface area contributed by atoms with Crippen molar-refractivity contribution in [2.75, 3.05) is 30.3 Å². The van der Waals surface area contributed by atoms with E-state index in [2.05, 4.69) is 4.72 Å². The molecule has 0 spiro atoms. The fraction of sp³-hybridized carbons (Fsp3) is 0.455. The van der Waals surface area contributed by atoms with Gasteiger partial charge < -0.3 is 9.47 Å². The lowest BCUT2D eigenvalue weighted by Crippen LogP contribution is -2.15. The molecule has 0 atom stereocenters. The Morgan fingerprint density at radius 2 is 2.06 bits per heavy atom. The van der Waals surface area contributed by atoms with E-state index >= 15 is 0 Å². The number of rotatable bonds is 7. The summed E-state index contributed by atoms with van der Waals surface area (Å²) in [5, 5.41) is -0.502. The Kier molecular flexibility index (Phi) is 5.71. The van der Waals surface area contributed by atoms with E-state index in [1.807, 2.05) is 6.92 Å². The van der Waals surface area contributed by atoms with Crippen LogP contribution in [0.2, 0.25) is 0 Å². The lowest BCUT2D eigenvalue weighted by Gasteiger charge is -2.13. The number of aryl methyl sites for hydroxylation is 1. The number of ether oxygens (including phenoxy) is 2. The van der Waals surface area contributed by atoms with Crippen molar-refractivity contribution in [1.29, 1.82) is 0 Å². The maximum atomic E-state index is 11.4. The number of nitrogens with one attached hydrogen (secondary N) is 1. The number of hydrogen-bond donors (Lipinski definition) is 1. The van der Waals surface area contributed by atoms with Crippen LogP contribution in [-0.2, 0) is 14.8 Å². The van der Waals surface area contributed by atoms with Crippen LogP contribution in [0.5, 0.6) is 5.75 Å². The van der Waals surface area contributed by atoms with Gasteiger partial charge in [-0.1, -0.05) is 6.07 Å². The van der Waals surface area contributed by atoms with Gasteiger partial charge in [0.25, 0.3) is 0 Å². The summed E-state index contributed by atoms with van der Waals surface area (Å²) in [7, 11) is -1.97. The molecule has 0 aliphatic heterocycles. The molecule has 0 saturated carbocycles. The van der Waals surface area contributed by atoms with Crippen molar-refractivity contribution >= 4 is 27.3 Å². The minimum Gasteiger partial charge on any atom is -0.489 e. The van der Waals surface area contributed by atoms with Crippen LogP contribution < -0.4 is 9.46 Å². The first-order chi connectivity index (χ1) is 8.48. The van der Waals surface area contributed by atoms with Gasteiger partial charge in [0, 0.05) is 7.11 Å². The average Bonchev–Trinajstić information content (AvgIpc) is 2.33. The number of hydrogen-bond acceptors (Lipinski definition) is 4. The normalized spacial score (nSPS) is 11.3. The van der Waals surface area contributed by atoms with E-state index in [4.69, 9.17) is 21.1 Å². The van der Waals surface area contributed by atoms with Crippen LogP contribution in [0, 0.1) is 6.92 Å². The van der Waals surface area contributed by atoms with E-state index in [0.717, 1.165) is 5.56 Å². The zero-order chi connectivity index (χ0) is 13.6. The van der Waals surface area contributed by atoms with E-state index < -0.39 is 15.2 Å². The van der Waals surface area contributed by atoms with Crippen LogP contribution in [0.15, 0.2) is 18.2 Å². The Morgan fingerprint density at radius 3 is 2.67 bits per heavy atom. The fourth-order valence-corrected chi connectivity index (χ4v) is 1.98. The molecule has 0 amide bonds. The molecule has 0 aliphatic carbocycles. The van der Waals surface area contributed by atoms with Crippen molar-refractivity contribution in [3.63, 3.8) is 0 Å².